The van der Waals surface area contributed by atoms with Gasteiger partial charge in [-0.2, -0.15) is 0 Å². The molecule has 25 heavy (non-hydrogen) atoms. The van der Waals surface area contributed by atoms with Crippen LogP contribution in [0.4, 0.5) is 0 Å². The lowest BCUT2D eigenvalue weighted by Gasteiger charge is -2.23. The van der Waals surface area contributed by atoms with E-state index >= 15 is 0 Å². The third-order valence-electron chi connectivity index (χ3n) is 3.39. The fraction of sp³-hybridized carbons (Fsp3) is 0.250. The van der Waals surface area contributed by atoms with Gasteiger partial charge < -0.3 is 4.90 Å². The van der Waals surface area contributed by atoms with E-state index in [1.807, 2.05) is 19.0 Å². The summed E-state index contributed by atoms with van der Waals surface area (Å²) in [6.07, 6.45) is 0. The Labute approximate surface area is 167 Å². The lowest BCUT2D eigenvalue weighted by atomic mass is 10.1. The number of hydrogen-bond acceptors (Lipinski definition) is 3. The number of nitrogens with one attached hydrogen (secondary N) is 1. The van der Waals surface area contributed by atoms with Gasteiger partial charge in [-0.1, -0.05) is 52.5 Å². The molecular weight excluding hydrogens is 426 g/mol. The zero-order chi connectivity index (χ0) is 18.8. The van der Waals surface area contributed by atoms with Crippen molar-refractivity contribution in [3.8, 4) is 0 Å². The van der Waals surface area contributed by atoms with Crippen molar-refractivity contribution < 1.29 is 8.42 Å². The van der Waals surface area contributed by atoms with Crippen LogP contribution in [0.3, 0.4) is 0 Å². The molecule has 0 heterocycles. The first-order valence-electron chi connectivity index (χ1n) is 7.17. The van der Waals surface area contributed by atoms with Gasteiger partial charge in [0.25, 0.3) is 0 Å². The molecule has 0 fully saturated rings. The standard InChI is InChI=1S/C16H16Cl4N2O2S/c1-22(2)9-16(10-3-5-12(17)14(19)7-10)21-25(23,24)11-4-6-13(18)15(20)8-11/h3-8,16,21H,9H2,1-2H3/t16-/m1/s1. The van der Waals surface area contributed by atoms with E-state index in [1.165, 1.54) is 18.2 Å². The average molecular weight is 442 g/mol. The van der Waals surface area contributed by atoms with E-state index in [4.69, 9.17) is 46.4 Å². The summed E-state index contributed by atoms with van der Waals surface area (Å²) in [5.41, 5.74) is 0.701. The van der Waals surface area contributed by atoms with Crippen LogP contribution in [-0.4, -0.2) is 34.0 Å². The molecule has 2 rings (SSSR count). The minimum atomic E-state index is -3.81. The molecular formula is C16H16Cl4N2O2S. The summed E-state index contributed by atoms with van der Waals surface area (Å²) in [6, 6.07) is 8.65. The molecule has 0 aliphatic carbocycles. The topological polar surface area (TPSA) is 49.4 Å². The Balaban J connectivity index is 2.38. The molecule has 0 aliphatic rings. The first-order chi connectivity index (χ1) is 11.6. The minimum Gasteiger partial charge on any atom is -0.307 e. The second-order valence-electron chi connectivity index (χ2n) is 5.69. The van der Waals surface area contributed by atoms with E-state index in [-0.39, 0.29) is 14.9 Å². The number of likely N-dealkylation sites (N-methyl/N-ethyl adjacent to an activating group) is 1. The fourth-order valence-corrected chi connectivity index (χ4v) is 4.12. The van der Waals surface area contributed by atoms with Crippen LogP contribution in [-0.2, 0) is 10.0 Å². The lowest BCUT2D eigenvalue weighted by molar-refractivity contribution is 0.363. The van der Waals surface area contributed by atoms with Crippen LogP contribution in [0, 0.1) is 0 Å². The maximum absolute atomic E-state index is 12.7. The fourth-order valence-electron chi connectivity index (χ4n) is 2.20. The molecule has 1 N–H and O–H groups in total. The van der Waals surface area contributed by atoms with Gasteiger partial charge in [0.1, 0.15) is 0 Å². The summed E-state index contributed by atoms with van der Waals surface area (Å²) in [6.45, 7) is 0.429. The number of hydrogen-bond donors (Lipinski definition) is 1. The lowest BCUT2D eigenvalue weighted by Crippen LogP contribution is -2.35. The van der Waals surface area contributed by atoms with Crippen molar-refractivity contribution in [1.29, 1.82) is 0 Å². The Morgan fingerprint density at radius 2 is 1.48 bits per heavy atom. The zero-order valence-corrected chi connectivity index (χ0v) is 17.3. The van der Waals surface area contributed by atoms with Gasteiger partial charge in [0, 0.05) is 6.54 Å². The predicted octanol–water partition coefficient (Wildman–Crippen LogP) is 4.88. The molecule has 0 bridgehead atoms. The normalized spacial score (nSPS) is 13.2. The molecule has 1 atom stereocenters. The third-order valence-corrected chi connectivity index (χ3v) is 6.34. The molecule has 0 amide bonds. The molecule has 2 aromatic rings. The van der Waals surface area contributed by atoms with Crippen molar-refractivity contribution in [2.45, 2.75) is 10.9 Å². The van der Waals surface area contributed by atoms with Gasteiger partial charge in [-0.05, 0) is 50.0 Å². The Kier molecular flexibility index (Phi) is 7.01. The molecule has 0 radical (unpaired) electrons. The third kappa shape index (κ3) is 5.47. The summed E-state index contributed by atoms with van der Waals surface area (Å²) in [5.74, 6) is 0. The van der Waals surface area contributed by atoms with Crippen molar-refractivity contribution >= 4 is 56.4 Å². The van der Waals surface area contributed by atoms with E-state index in [0.29, 0.717) is 22.2 Å². The average Bonchev–Trinajstić information content (AvgIpc) is 2.51. The predicted molar refractivity (Wildman–Crippen MR) is 105 cm³/mol. The maximum atomic E-state index is 12.7. The smallest absolute Gasteiger partial charge is 0.241 e. The van der Waals surface area contributed by atoms with Gasteiger partial charge in [-0.15, -0.1) is 0 Å². The maximum Gasteiger partial charge on any atom is 0.241 e. The Hall–Kier alpha value is -0.530. The summed E-state index contributed by atoms with van der Waals surface area (Å²) in [7, 11) is -0.121. The van der Waals surface area contributed by atoms with E-state index in [0.717, 1.165) is 0 Å². The van der Waals surface area contributed by atoms with E-state index in [1.54, 1.807) is 18.2 Å². The molecule has 0 saturated carbocycles. The van der Waals surface area contributed by atoms with Crippen molar-refractivity contribution in [2.75, 3.05) is 20.6 Å². The highest BCUT2D eigenvalue weighted by Crippen LogP contribution is 2.28. The highest BCUT2D eigenvalue weighted by molar-refractivity contribution is 7.89. The Bertz CT molecular complexity index is 872. The molecule has 4 nitrogen and oxygen atoms in total. The summed E-state index contributed by atoms with van der Waals surface area (Å²) < 4.78 is 28.1. The largest absolute Gasteiger partial charge is 0.307 e. The number of benzene rings is 2. The van der Waals surface area contributed by atoms with Crippen molar-refractivity contribution in [2.24, 2.45) is 0 Å². The van der Waals surface area contributed by atoms with Crippen LogP contribution in [0.25, 0.3) is 0 Å². The quantitative estimate of drug-likeness (QED) is 0.694. The second-order valence-corrected chi connectivity index (χ2v) is 9.03. The monoisotopic (exact) mass is 440 g/mol. The van der Waals surface area contributed by atoms with Crippen molar-refractivity contribution in [3.05, 3.63) is 62.1 Å². The van der Waals surface area contributed by atoms with Crippen LogP contribution in [0.2, 0.25) is 20.1 Å². The van der Waals surface area contributed by atoms with Crippen LogP contribution in [0.15, 0.2) is 41.3 Å². The minimum absolute atomic E-state index is 0.0331. The van der Waals surface area contributed by atoms with E-state index < -0.39 is 16.1 Å². The van der Waals surface area contributed by atoms with Gasteiger partial charge in [0.2, 0.25) is 10.0 Å². The van der Waals surface area contributed by atoms with Gasteiger partial charge in [0.15, 0.2) is 0 Å². The van der Waals surface area contributed by atoms with Gasteiger partial charge in [0.05, 0.1) is 31.0 Å². The first kappa shape index (κ1) is 20.8. The van der Waals surface area contributed by atoms with Crippen LogP contribution < -0.4 is 4.72 Å². The number of rotatable bonds is 6. The number of halogens is 4. The molecule has 136 valence electrons. The molecule has 2 aromatic carbocycles. The summed E-state index contributed by atoms with van der Waals surface area (Å²) in [4.78, 5) is 1.90. The highest BCUT2D eigenvalue weighted by atomic mass is 35.5. The summed E-state index contributed by atoms with van der Waals surface area (Å²) in [5, 5.41) is 1.22. The molecule has 0 saturated heterocycles. The first-order valence-corrected chi connectivity index (χ1v) is 10.2. The number of nitrogens with zero attached hydrogens (tertiary/aromatic N) is 1. The molecule has 0 aliphatic heterocycles. The molecule has 9 heteroatoms. The van der Waals surface area contributed by atoms with Crippen LogP contribution in [0.1, 0.15) is 11.6 Å². The van der Waals surface area contributed by atoms with Crippen LogP contribution >= 0.6 is 46.4 Å². The van der Waals surface area contributed by atoms with E-state index in [9.17, 15) is 8.42 Å². The van der Waals surface area contributed by atoms with E-state index in [2.05, 4.69) is 4.72 Å². The Morgan fingerprint density at radius 1 is 0.920 bits per heavy atom. The van der Waals surface area contributed by atoms with Crippen LogP contribution in [0.5, 0.6) is 0 Å². The molecule has 0 spiro atoms. The zero-order valence-electron chi connectivity index (χ0n) is 13.4. The summed E-state index contributed by atoms with van der Waals surface area (Å²) >= 11 is 23.8. The second kappa shape index (κ2) is 8.44. The van der Waals surface area contributed by atoms with Crippen molar-refractivity contribution in [3.63, 3.8) is 0 Å². The Morgan fingerprint density at radius 3 is 2.00 bits per heavy atom. The molecule has 0 aromatic heterocycles. The molecule has 0 unspecified atom stereocenters. The number of sulfonamides is 1. The highest BCUT2D eigenvalue weighted by Gasteiger charge is 2.23. The van der Waals surface area contributed by atoms with Gasteiger partial charge >= 0.3 is 0 Å². The van der Waals surface area contributed by atoms with Crippen molar-refractivity contribution in [1.82, 2.24) is 9.62 Å². The SMILES string of the molecule is CN(C)C[C@@H](NS(=O)(=O)c1ccc(Cl)c(Cl)c1)c1ccc(Cl)c(Cl)c1. The van der Waals surface area contributed by atoms with Gasteiger partial charge in [-0.25, -0.2) is 13.1 Å². The van der Waals surface area contributed by atoms with Gasteiger partial charge in [-0.3, -0.25) is 0 Å².